The van der Waals surface area contributed by atoms with Crippen LogP contribution in [0.4, 0.5) is 46.7 Å². The van der Waals surface area contributed by atoms with Crippen LogP contribution >= 0.6 is 23.2 Å². The molecular formula is C76H38Cl2N12O6. The second-order valence-corrected chi connectivity index (χ2v) is 24.0. The molecular weight excluding hydrogens is 1250 g/mol. The minimum atomic E-state index is -0.595. The quantitative estimate of drug-likeness (QED) is 0.107. The highest BCUT2D eigenvalue weighted by Crippen LogP contribution is 2.53. The van der Waals surface area contributed by atoms with Crippen molar-refractivity contribution < 1.29 is 28.0 Å². The van der Waals surface area contributed by atoms with Gasteiger partial charge in [0.15, 0.2) is 57.6 Å². The number of aromatic nitrogens is 8. The smallest absolute Gasteiger partial charge is 0.310 e. The van der Waals surface area contributed by atoms with E-state index in [4.69, 9.17) is 71.9 Å². The molecule has 0 spiro atoms. The molecule has 0 bridgehead atoms. The highest BCUT2D eigenvalue weighted by atomic mass is 35.5. The molecule has 0 saturated carbocycles. The molecule has 2 aliphatic carbocycles. The minimum absolute atomic E-state index is 0.0141. The molecule has 15 aromatic rings. The number of anilines is 8. The molecule has 0 unspecified atom stereocenters. The van der Waals surface area contributed by atoms with Crippen LogP contribution < -0.4 is 19.6 Å². The number of nitrogens with zero attached hydrogens (tertiary/aromatic N) is 12. The SMILES string of the molecule is O=C1/C(=C/C=C2N(c3cccc4cccnc34)c3nc4ccccc4nc3N2c2cccc3cccnc23)C(=O)c2cc3cc(-c4ccc5nc6c(nc5c4)N(c4nc5ccccc5o4)/C(=C\C=C4C(=O)c5c(Cl)ccc(Cl)c5C4=O)N6c4nc5ccccc5o4)ccc3cc21. The Hall–Kier alpha value is -12.9. The van der Waals surface area contributed by atoms with Crippen molar-refractivity contribution >= 4 is 170 Å². The van der Waals surface area contributed by atoms with E-state index in [1.54, 1.807) is 64.7 Å². The molecule has 20 heteroatoms. The highest BCUT2D eigenvalue weighted by molar-refractivity contribution is 6.49. The topological polar surface area (TPSA) is 211 Å². The number of hydrogen-bond acceptors (Lipinski definition) is 18. The molecule has 0 saturated heterocycles. The Bertz CT molecular complexity index is 5990. The van der Waals surface area contributed by atoms with E-state index in [2.05, 4.69) is 0 Å². The number of rotatable bonds is 7. The van der Waals surface area contributed by atoms with Crippen molar-refractivity contribution in [1.82, 2.24) is 39.9 Å². The number of hydrogen-bond donors (Lipinski definition) is 0. The Balaban J connectivity index is 0.721. The lowest BCUT2D eigenvalue weighted by Gasteiger charge is -2.25. The van der Waals surface area contributed by atoms with Crippen LogP contribution in [0.5, 0.6) is 0 Å². The van der Waals surface area contributed by atoms with Crippen LogP contribution in [0.15, 0.2) is 262 Å². The summed E-state index contributed by atoms with van der Waals surface area (Å²) in [4.78, 5) is 106. The lowest BCUT2D eigenvalue weighted by molar-refractivity contribution is 0.0973. The van der Waals surface area contributed by atoms with Crippen LogP contribution in [0.3, 0.4) is 0 Å². The summed E-state index contributed by atoms with van der Waals surface area (Å²) >= 11 is 13.0. The Labute approximate surface area is 551 Å². The number of carbonyl (C=O) groups is 4. The first-order valence-corrected chi connectivity index (χ1v) is 31.1. The molecule has 19 rings (SSSR count). The van der Waals surface area contributed by atoms with Gasteiger partial charge in [0, 0.05) is 34.3 Å². The van der Waals surface area contributed by atoms with Gasteiger partial charge in [-0.2, -0.15) is 9.97 Å². The highest BCUT2D eigenvalue weighted by Gasteiger charge is 2.44. The van der Waals surface area contributed by atoms with Gasteiger partial charge in [-0.25, -0.2) is 29.7 Å². The van der Waals surface area contributed by atoms with Gasteiger partial charge in [0.25, 0.3) is 0 Å². The van der Waals surface area contributed by atoms with Gasteiger partial charge in [0.2, 0.25) is 0 Å². The fraction of sp³-hybridized carbons (Fsp3) is 0. The Kier molecular flexibility index (Phi) is 11.9. The number of halogens is 2. The largest absolute Gasteiger partial charge is 0.423 e. The van der Waals surface area contributed by atoms with Crippen LogP contribution in [-0.4, -0.2) is 63.0 Å². The molecule has 2 aliphatic heterocycles. The van der Waals surface area contributed by atoms with E-state index in [9.17, 15) is 19.2 Å². The Morgan fingerprint density at radius 3 is 1.32 bits per heavy atom. The zero-order valence-corrected chi connectivity index (χ0v) is 51.0. The van der Waals surface area contributed by atoms with Crippen molar-refractivity contribution in [2.24, 2.45) is 0 Å². The monoisotopic (exact) mass is 1280 g/mol. The summed E-state index contributed by atoms with van der Waals surface area (Å²) < 4.78 is 12.9. The Morgan fingerprint density at radius 2 is 0.781 bits per heavy atom. The van der Waals surface area contributed by atoms with Gasteiger partial charge in [-0.15, -0.1) is 0 Å². The molecule has 0 atom stereocenters. The third-order valence-corrected chi connectivity index (χ3v) is 18.3. The second-order valence-electron chi connectivity index (χ2n) is 23.2. The first-order chi connectivity index (χ1) is 47.1. The van der Waals surface area contributed by atoms with Gasteiger partial charge in [0.05, 0.1) is 76.8 Å². The molecule has 452 valence electrons. The van der Waals surface area contributed by atoms with E-state index < -0.39 is 23.1 Å². The summed E-state index contributed by atoms with van der Waals surface area (Å²) in [6.07, 6.45) is 9.84. The van der Waals surface area contributed by atoms with Crippen molar-refractivity contribution in [3.63, 3.8) is 0 Å². The van der Waals surface area contributed by atoms with Crippen LogP contribution in [0, 0.1) is 0 Å². The maximum atomic E-state index is 15.0. The predicted octanol–water partition coefficient (Wildman–Crippen LogP) is 17.4. The number of pyridine rings is 2. The van der Waals surface area contributed by atoms with Crippen molar-refractivity contribution in [3.8, 4) is 11.1 Å². The van der Waals surface area contributed by atoms with E-state index in [0.717, 1.165) is 32.7 Å². The van der Waals surface area contributed by atoms with Gasteiger partial charge in [-0.05, 0) is 149 Å². The number of para-hydroxylation sites is 8. The number of allylic oxidation sites excluding steroid dienone is 6. The second kappa shape index (κ2) is 20.8. The molecule has 0 amide bonds. The van der Waals surface area contributed by atoms with Gasteiger partial charge >= 0.3 is 12.0 Å². The van der Waals surface area contributed by atoms with E-state index >= 15 is 0 Å². The average molecular weight is 1290 g/mol. The molecule has 6 aromatic heterocycles. The third-order valence-electron chi connectivity index (χ3n) is 17.7. The summed E-state index contributed by atoms with van der Waals surface area (Å²) in [5.41, 5.74) is 9.15. The van der Waals surface area contributed by atoms with Gasteiger partial charge < -0.3 is 8.83 Å². The van der Waals surface area contributed by atoms with E-state index in [-0.39, 0.29) is 72.9 Å². The van der Waals surface area contributed by atoms with Gasteiger partial charge in [0.1, 0.15) is 22.7 Å². The summed E-state index contributed by atoms with van der Waals surface area (Å²) in [6.45, 7) is 0. The number of Topliss-reactive ketones (excluding diaryl/α,β-unsaturated/α-hetero) is 4. The number of carbonyl (C=O) groups excluding carboxylic acids is 4. The maximum absolute atomic E-state index is 15.0. The zero-order chi connectivity index (χ0) is 64.2. The van der Waals surface area contributed by atoms with Crippen LogP contribution in [0.2, 0.25) is 10.0 Å². The van der Waals surface area contributed by atoms with E-state index in [1.165, 1.54) is 18.2 Å². The minimum Gasteiger partial charge on any atom is -0.423 e. The van der Waals surface area contributed by atoms with Crippen LogP contribution in [-0.2, 0) is 0 Å². The molecule has 9 aromatic carbocycles. The number of benzene rings is 9. The molecule has 0 radical (unpaired) electrons. The molecule has 8 heterocycles. The number of fused-ring (bicyclic) bond motifs is 11. The fourth-order valence-electron chi connectivity index (χ4n) is 13.3. The lowest BCUT2D eigenvalue weighted by atomic mass is 9.97. The van der Waals surface area contributed by atoms with Crippen molar-refractivity contribution in [2.45, 2.75) is 0 Å². The van der Waals surface area contributed by atoms with Crippen molar-refractivity contribution in [1.29, 1.82) is 0 Å². The normalized spacial score (nSPS) is 15.2. The molecule has 4 aliphatic rings. The number of oxazole rings is 2. The lowest BCUT2D eigenvalue weighted by Crippen LogP contribution is -2.22. The third kappa shape index (κ3) is 8.25. The van der Waals surface area contributed by atoms with Crippen molar-refractivity contribution in [2.75, 3.05) is 19.6 Å². The van der Waals surface area contributed by atoms with Crippen LogP contribution in [0.1, 0.15) is 41.4 Å². The van der Waals surface area contributed by atoms with E-state index in [1.807, 2.05) is 168 Å². The molecule has 0 fully saturated rings. The standard InChI is InChI=1S/C76H38Cl2N12O6/c77-49-28-29-50(78)64-63(49)69(93)46(70(64)94)27-32-62-89(75-85-54-17-3-5-21-59(54)95-75)73-74(90(62)76-86-55-18-4-6-22-60(55)96-76)84-56-38-43(25-30-53(56)83-73)41-23-24-42-36-47-48(37-44(42)35-41)68(92)45(67(47)91)26-31-61-87(57-19-7-11-39-13-9-33-79-65(39)57)71-72(82-52-16-2-1-15-51(52)81-71)88(61)58-20-8-12-40-14-10-34-80-66(40)58/h1-38H/b45-26-,62-32-. The summed E-state index contributed by atoms with van der Waals surface area (Å²) in [5.74, 6) is 0.314. The maximum Gasteiger partial charge on any atom is 0.310 e. The summed E-state index contributed by atoms with van der Waals surface area (Å²) in [7, 11) is 0. The summed E-state index contributed by atoms with van der Waals surface area (Å²) in [6, 6.07) is 60.1. The summed E-state index contributed by atoms with van der Waals surface area (Å²) in [5, 5.41) is 3.45. The van der Waals surface area contributed by atoms with Gasteiger partial charge in [-0.3, -0.25) is 38.9 Å². The van der Waals surface area contributed by atoms with Crippen LogP contribution in [0.25, 0.3) is 88.0 Å². The number of ketones is 4. The Morgan fingerprint density at radius 1 is 0.344 bits per heavy atom. The van der Waals surface area contributed by atoms with E-state index in [0.29, 0.717) is 84.1 Å². The average Bonchev–Trinajstić information content (AvgIpc) is 1.57. The fourth-order valence-corrected chi connectivity index (χ4v) is 13.7. The molecule has 96 heavy (non-hydrogen) atoms. The van der Waals surface area contributed by atoms with Crippen molar-refractivity contribution in [3.05, 3.63) is 286 Å². The molecule has 18 nitrogen and oxygen atoms in total. The zero-order valence-electron chi connectivity index (χ0n) is 49.5. The first kappa shape index (κ1) is 54.8. The molecule has 0 N–H and O–H groups in total. The predicted molar refractivity (Wildman–Crippen MR) is 368 cm³/mol. The first-order valence-electron chi connectivity index (χ1n) is 30.3. The van der Waals surface area contributed by atoms with Gasteiger partial charge in [-0.1, -0.05) is 114 Å².